The Balaban J connectivity index is 1.96. The molecular weight excluding hydrogens is 325 g/mol. The number of hydrogen-bond acceptors (Lipinski definition) is 4. The first-order valence-corrected chi connectivity index (χ1v) is 6.87. The Hall–Kier alpha value is -2.96. The highest BCUT2D eigenvalue weighted by Crippen LogP contribution is 2.27. The molecule has 0 radical (unpaired) electrons. The maximum Gasteiger partial charge on any atom is 0.382 e. The van der Waals surface area contributed by atoms with Gasteiger partial charge in [-0.1, -0.05) is 12.1 Å². The lowest BCUT2D eigenvalue weighted by atomic mass is 10.2. The van der Waals surface area contributed by atoms with Crippen molar-refractivity contribution in [1.82, 2.24) is 0 Å². The third kappa shape index (κ3) is 2.80. The highest BCUT2D eigenvalue weighted by molar-refractivity contribution is 5.79. The summed E-state index contributed by atoms with van der Waals surface area (Å²) in [7, 11) is 1.51. The van der Waals surface area contributed by atoms with E-state index in [9.17, 15) is 18.0 Å². The monoisotopic (exact) mass is 336 g/mol. The summed E-state index contributed by atoms with van der Waals surface area (Å²) in [5.74, 6) is -4.18. The largest absolute Gasteiger partial charge is 0.497 e. The third-order valence-electron chi connectivity index (χ3n) is 3.41. The maximum atomic E-state index is 14.4. The molecule has 0 bridgehead atoms. The molecule has 0 fully saturated rings. The van der Waals surface area contributed by atoms with E-state index in [2.05, 4.69) is 0 Å². The van der Waals surface area contributed by atoms with Crippen LogP contribution in [-0.4, -0.2) is 7.11 Å². The lowest BCUT2D eigenvalue weighted by Gasteiger charge is -2.09. The van der Waals surface area contributed by atoms with E-state index in [1.54, 1.807) is 24.3 Å². The molecule has 0 atom stereocenters. The van der Waals surface area contributed by atoms with E-state index in [-0.39, 0.29) is 6.61 Å². The molecule has 0 aliphatic carbocycles. The smallest absolute Gasteiger partial charge is 0.382 e. The van der Waals surface area contributed by atoms with Crippen LogP contribution in [0, 0.1) is 17.5 Å². The van der Waals surface area contributed by atoms with Gasteiger partial charge in [0, 0.05) is 0 Å². The highest BCUT2D eigenvalue weighted by atomic mass is 19.2. The molecule has 0 amide bonds. The van der Waals surface area contributed by atoms with Gasteiger partial charge in [0.2, 0.25) is 5.75 Å². The van der Waals surface area contributed by atoms with Crippen molar-refractivity contribution in [3.63, 3.8) is 0 Å². The Morgan fingerprint density at radius 1 is 1.00 bits per heavy atom. The van der Waals surface area contributed by atoms with Gasteiger partial charge in [0.05, 0.1) is 12.5 Å². The van der Waals surface area contributed by atoms with Crippen molar-refractivity contribution in [2.24, 2.45) is 0 Å². The molecule has 3 rings (SSSR count). The number of benzene rings is 2. The number of ether oxygens (including phenoxy) is 2. The molecule has 7 heteroatoms. The van der Waals surface area contributed by atoms with Crippen LogP contribution in [0.5, 0.6) is 11.5 Å². The minimum atomic E-state index is -1.44. The second-order valence-electron chi connectivity index (χ2n) is 4.90. The number of methoxy groups -OCH3 is 1. The first-order chi connectivity index (χ1) is 11.5. The molecule has 0 unspecified atom stereocenters. The van der Waals surface area contributed by atoms with Gasteiger partial charge in [-0.05, 0) is 29.8 Å². The standard InChI is InChI=1S/C17H11F3O4/c1-22-10-4-2-9(3-5-10)8-23-16-15(20)13-12(24-17(16)21)7-6-11(18)14(13)19/h2-7H,8H2,1H3. The van der Waals surface area contributed by atoms with E-state index in [4.69, 9.17) is 13.9 Å². The summed E-state index contributed by atoms with van der Waals surface area (Å²) in [5, 5.41) is -0.765. The predicted molar refractivity (Wildman–Crippen MR) is 79.7 cm³/mol. The summed E-state index contributed by atoms with van der Waals surface area (Å²) in [6.45, 7) is -0.159. The quantitative estimate of drug-likeness (QED) is 0.680. The topological polar surface area (TPSA) is 48.7 Å². The molecule has 0 aliphatic rings. The molecule has 2 aromatic carbocycles. The zero-order valence-electron chi connectivity index (χ0n) is 12.4. The molecule has 3 aromatic rings. The zero-order valence-corrected chi connectivity index (χ0v) is 12.4. The van der Waals surface area contributed by atoms with E-state index >= 15 is 0 Å². The molecule has 24 heavy (non-hydrogen) atoms. The van der Waals surface area contributed by atoms with Crippen molar-refractivity contribution in [1.29, 1.82) is 0 Å². The van der Waals surface area contributed by atoms with E-state index in [0.29, 0.717) is 11.3 Å². The molecule has 124 valence electrons. The van der Waals surface area contributed by atoms with Crippen LogP contribution in [-0.2, 0) is 6.61 Å². The van der Waals surface area contributed by atoms with Gasteiger partial charge >= 0.3 is 5.63 Å². The number of rotatable bonds is 4. The van der Waals surface area contributed by atoms with Gasteiger partial charge in [-0.25, -0.2) is 18.0 Å². The van der Waals surface area contributed by atoms with Crippen LogP contribution in [0.15, 0.2) is 45.6 Å². The Morgan fingerprint density at radius 3 is 2.38 bits per heavy atom. The minimum Gasteiger partial charge on any atom is -0.497 e. The molecule has 4 nitrogen and oxygen atoms in total. The first kappa shape index (κ1) is 15.9. The van der Waals surface area contributed by atoms with Gasteiger partial charge in [0.25, 0.3) is 0 Å². The molecule has 0 N–H and O–H groups in total. The van der Waals surface area contributed by atoms with Crippen LogP contribution in [0.2, 0.25) is 0 Å². The summed E-state index contributed by atoms with van der Waals surface area (Å²) in [6.07, 6.45) is 0. The fraction of sp³-hybridized carbons (Fsp3) is 0.118. The van der Waals surface area contributed by atoms with E-state index in [1.165, 1.54) is 7.11 Å². The zero-order chi connectivity index (χ0) is 17.3. The van der Waals surface area contributed by atoms with E-state index in [0.717, 1.165) is 12.1 Å². The molecule has 1 aromatic heterocycles. The number of halogens is 3. The van der Waals surface area contributed by atoms with Crippen molar-refractivity contribution in [3.05, 3.63) is 69.8 Å². The average Bonchev–Trinajstić information content (AvgIpc) is 2.58. The summed E-state index contributed by atoms with van der Waals surface area (Å²) in [6, 6.07) is 8.35. The van der Waals surface area contributed by atoms with Crippen LogP contribution >= 0.6 is 0 Å². The maximum absolute atomic E-state index is 14.4. The molecule has 1 heterocycles. The van der Waals surface area contributed by atoms with Gasteiger partial charge in [0.15, 0.2) is 17.5 Å². The predicted octanol–water partition coefficient (Wildman–Crippen LogP) is 3.80. The molecule has 0 aliphatic heterocycles. The lowest BCUT2D eigenvalue weighted by Crippen LogP contribution is -2.10. The lowest BCUT2D eigenvalue weighted by molar-refractivity contribution is 0.274. The Bertz CT molecular complexity index is 949. The number of hydrogen-bond donors (Lipinski definition) is 0. The first-order valence-electron chi connectivity index (χ1n) is 6.87. The fourth-order valence-electron chi connectivity index (χ4n) is 2.17. The van der Waals surface area contributed by atoms with Gasteiger partial charge in [-0.15, -0.1) is 0 Å². The van der Waals surface area contributed by atoms with Crippen molar-refractivity contribution in [2.75, 3.05) is 7.11 Å². The van der Waals surface area contributed by atoms with E-state index < -0.39 is 39.8 Å². The molecule has 0 spiro atoms. The van der Waals surface area contributed by atoms with Crippen LogP contribution in [0.1, 0.15) is 5.56 Å². The minimum absolute atomic E-state index is 0.159. The van der Waals surface area contributed by atoms with Crippen molar-refractivity contribution in [3.8, 4) is 11.5 Å². The SMILES string of the molecule is COc1ccc(COc2c(F)c3c(F)c(F)ccc3oc2=O)cc1. The summed E-state index contributed by atoms with van der Waals surface area (Å²) in [5.41, 5.74) is -0.887. The number of fused-ring (bicyclic) bond motifs is 1. The molecule has 0 saturated heterocycles. The van der Waals surface area contributed by atoms with Crippen LogP contribution in [0.3, 0.4) is 0 Å². The average molecular weight is 336 g/mol. The van der Waals surface area contributed by atoms with Gasteiger partial charge in [-0.2, -0.15) is 0 Å². The van der Waals surface area contributed by atoms with Crippen LogP contribution < -0.4 is 15.1 Å². The summed E-state index contributed by atoms with van der Waals surface area (Å²) < 4.78 is 56.3. The van der Waals surface area contributed by atoms with Crippen molar-refractivity contribution in [2.45, 2.75) is 6.61 Å². The highest BCUT2D eigenvalue weighted by Gasteiger charge is 2.21. The van der Waals surface area contributed by atoms with E-state index in [1.807, 2.05) is 0 Å². The normalized spacial score (nSPS) is 10.8. The van der Waals surface area contributed by atoms with Gasteiger partial charge in [-0.3, -0.25) is 0 Å². The molecule has 0 saturated carbocycles. The van der Waals surface area contributed by atoms with Gasteiger partial charge in [0.1, 0.15) is 17.9 Å². The Morgan fingerprint density at radius 2 is 1.71 bits per heavy atom. The second kappa shape index (κ2) is 6.27. The van der Waals surface area contributed by atoms with Crippen molar-refractivity contribution >= 4 is 11.0 Å². The Kier molecular flexibility index (Phi) is 4.16. The Labute approximate surface area is 134 Å². The fourth-order valence-corrected chi connectivity index (χ4v) is 2.17. The third-order valence-corrected chi connectivity index (χ3v) is 3.41. The van der Waals surface area contributed by atoms with Crippen LogP contribution in [0.25, 0.3) is 11.0 Å². The summed E-state index contributed by atoms with van der Waals surface area (Å²) in [4.78, 5) is 11.8. The second-order valence-corrected chi connectivity index (χ2v) is 4.90. The summed E-state index contributed by atoms with van der Waals surface area (Å²) >= 11 is 0. The van der Waals surface area contributed by atoms with Crippen LogP contribution in [0.4, 0.5) is 13.2 Å². The molecular formula is C17H11F3O4. The van der Waals surface area contributed by atoms with Crippen molar-refractivity contribution < 1.29 is 27.1 Å². The van der Waals surface area contributed by atoms with Gasteiger partial charge < -0.3 is 13.9 Å².